The first kappa shape index (κ1) is 23.4. The molecule has 8 heteroatoms. The largest absolute Gasteiger partial charge is 0.370 e. The van der Waals surface area contributed by atoms with Crippen molar-refractivity contribution in [3.05, 3.63) is 58.9 Å². The number of carbonyl (C=O) groups is 2. The number of benzene rings is 2. The molecule has 2 aliphatic rings. The number of urea groups is 1. The third-order valence-corrected chi connectivity index (χ3v) is 6.73. The van der Waals surface area contributed by atoms with E-state index < -0.39 is 0 Å². The Morgan fingerprint density at radius 3 is 2.33 bits per heavy atom. The summed E-state index contributed by atoms with van der Waals surface area (Å²) in [5.41, 5.74) is 2.54. The van der Waals surface area contributed by atoms with Crippen LogP contribution in [0.4, 0.5) is 20.6 Å². The molecule has 0 aromatic heterocycles. The zero-order chi connectivity index (χ0) is 23.2. The van der Waals surface area contributed by atoms with Crippen molar-refractivity contribution in [3.63, 3.8) is 0 Å². The van der Waals surface area contributed by atoms with Gasteiger partial charge in [0.25, 0.3) is 0 Å². The zero-order valence-electron chi connectivity index (χ0n) is 18.7. The van der Waals surface area contributed by atoms with Crippen LogP contribution in [-0.2, 0) is 11.3 Å². The normalized spacial score (nSPS) is 17.0. The van der Waals surface area contributed by atoms with Gasteiger partial charge in [-0.2, -0.15) is 0 Å². The highest BCUT2D eigenvalue weighted by Crippen LogP contribution is 2.31. The Hall–Kier alpha value is -2.80. The van der Waals surface area contributed by atoms with Crippen LogP contribution < -0.4 is 15.5 Å². The van der Waals surface area contributed by atoms with Gasteiger partial charge in [-0.3, -0.25) is 4.79 Å². The van der Waals surface area contributed by atoms with Crippen LogP contribution in [0.3, 0.4) is 0 Å². The molecule has 0 atom stereocenters. The van der Waals surface area contributed by atoms with Crippen molar-refractivity contribution >= 4 is 34.9 Å². The van der Waals surface area contributed by atoms with Gasteiger partial charge in [0.05, 0.1) is 10.7 Å². The average Bonchev–Trinajstić information content (AvgIpc) is 2.84. The van der Waals surface area contributed by atoms with Crippen molar-refractivity contribution in [1.29, 1.82) is 0 Å². The molecule has 0 aliphatic carbocycles. The Bertz CT molecular complexity index is 971. The molecule has 176 valence electrons. The second-order valence-electron chi connectivity index (χ2n) is 8.75. The molecule has 2 N–H and O–H groups in total. The number of likely N-dealkylation sites (tertiary alicyclic amines) is 1. The number of rotatable bonds is 5. The zero-order valence-corrected chi connectivity index (χ0v) is 19.4. The number of hydrogen-bond donors (Lipinski definition) is 2. The van der Waals surface area contributed by atoms with E-state index in [1.807, 2.05) is 12.1 Å². The van der Waals surface area contributed by atoms with Gasteiger partial charge in [0, 0.05) is 44.3 Å². The first-order valence-corrected chi connectivity index (χ1v) is 12.0. The summed E-state index contributed by atoms with van der Waals surface area (Å²) >= 11 is 6.50. The maximum absolute atomic E-state index is 13.0. The maximum Gasteiger partial charge on any atom is 0.321 e. The van der Waals surface area contributed by atoms with E-state index in [4.69, 9.17) is 11.6 Å². The number of piperidine rings is 2. The second kappa shape index (κ2) is 10.9. The fraction of sp³-hybridized carbons (Fsp3) is 0.440. The van der Waals surface area contributed by atoms with Gasteiger partial charge in [0.2, 0.25) is 5.91 Å². The number of halogens is 2. The van der Waals surface area contributed by atoms with Crippen LogP contribution in [0.2, 0.25) is 5.02 Å². The van der Waals surface area contributed by atoms with Crippen LogP contribution in [0.15, 0.2) is 42.5 Å². The van der Waals surface area contributed by atoms with E-state index in [0.29, 0.717) is 43.2 Å². The minimum atomic E-state index is -0.295. The molecule has 0 radical (unpaired) electrons. The van der Waals surface area contributed by atoms with E-state index >= 15 is 0 Å². The lowest BCUT2D eigenvalue weighted by molar-refractivity contribution is -0.126. The third kappa shape index (κ3) is 6.16. The molecule has 6 nitrogen and oxygen atoms in total. The van der Waals surface area contributed by atoms with Crippen LogP contribution in [0, 0.1) is 11.7 Å². The molecule has 2 saturated heterocycles. The monoisotopic (exact) mass is 472 g/mol. The van der Waals surface area contributed by atoms with Gasteiger partial charge in [-0.05, 0) is 68.0 Å². The molecule has 2 aromatic rings. The summed E-state index contributed by atoms with van der Waals surface area (Å²) in [6, 6.07) is 11.6. The van der Waals surface area contributed by atoms with Crippen LogP contribution in [0.1, 0.15) is 37.7 Å². The number of carbonyl (C=O) groups excluding carboxylic acids is 2. The molecular weight excluding hydrogens is 443 g/mol. The van der Waals surface area contributed by atoms with E-state index in [1.165, 1.54) is 31.4 Å². The summed E-state index contributed by atoms with van der Waals surface area (Å²) in [6.45, 7) is 3.42. The Kier molecular flexibility index (Phi) is 7.70. The van der Waals surface area contributed by atoms with Crippen molar-refractivity contribution in [2.24, 2.45) is 5.92 Å². The van der Waals surface area contributed by atoms with Gasteiger partial charge in [0.15, 0.2) is 0 Å². The third-order valence-electron chi connectivity index (χ3n) is 6.43. The predicted molar refractivity (Wildman–Crippen MR) is 129 cm³/mol. The fourth-order valence-electron chi connectivity index (χ4n) is 4.46. The number of amides is 3. The van der Waals surface area contributed by atoms with Crippen molar-refractivity contribution in [3.8, 4) is 0 Å². The summed E-state index contributed by atoms with van der Waals surface area (Å²) in [5.74, 6) is -0.455. The molecule has 2 heterocycles. The Morgan fingerprint density at radius 1 is 0.970 bits per heavy atom. The Balaban J connectivity index is 1.24. The summed E-state index contributed by atoms with van der Waals surface area (Å²) in [5, 5.41) is 6.49. The molecule has 0 unspecified atom stereocenters. The molecule has 0 bridgehead atoms. The molecule has 3 amide bonds. The van der Waals surface area contributed by atoms with Crippen LogP contribution in [0.25, 0.3) is 0 Å². The van der Waals surface area contributed by atoms with Crippen LogP contribution >= 0.6 is 11.6 Å². The molecule has 2 fully saturated rings. The highest BCUT2D eigenvalue weighted by atomic mass is 35.5. The van der Waals surface area contributed by atoms with Crippen molar-refractivity contribution in [2.75, 3.05) is 36.4 Å². The van der Waals surface area contributed by atoms with Crippen molar-refractivity contribution < 1.29 is 14.0 Å². The number of nitrogens with zero attached hydrogens (tertiary/aromatic N) is 2. The number of nitrogens with one attached hydrogen (secondary N) is 2. The SMILES string of the molecule is O=C(NCc1ccc(F)cc1)C1CCN(C(=O)Nc2ccc(N3CCCCC3)c(Cl)c2)CC1. The molecule has 4 rings (SSSR count). The first-order chi connectivity index (χ1) is 16.0. The van der Waals surface area contributed by atoms with Gasteiger partial charge in [-0.15, -0.1) is 0 Å². The second-order valence-corrected chi connectivity index (χ2v) is 9.16. The Labute approximate surface area is 199 Å². The van der Waals surface area contributed by atoms with Crippen LogP contribution in [0.5, 0.6) is 0 Å². The average molecular weight is 473 g/mol. The standard InChI is InChI=1S/C25H30ClFN4O2/c26-22-16-21(8-9-23(22)30-12-2-1-3-13-30)29-25(33)31-14-10-19(11-15-31)24(32)28-17-18-4-6-20(27)7-5-18/h4-9,16,19H,1-3,10-15,17H2,(H,28,32)(H,29,33). The number of anilines is 2. The molecule has 0 saturated carbocycles. The highest BCUT2D eigenvalue weighted by molar-refractivity contribution is 6.33. The lowest BCUT2D eigenvalue weighted by Gasteiger charge is -2.32. The van der Waals surface area contributed by atoms with E-state index in [2.05, 4.69) is 15.5 Å². The van der Waals surface area contributed by atoms with Gasteiger partial charge < -0.3 is 20.4 Å². The lowest BCUT2D eigenvalue weighted by Crippen LogP contribution is -2.44. The molecule has 0 spiro atoms. The summed E-state index contributed by atoms with van der Waals surface area (Å²) in [4.78, 5) is 29.2. The topological polar surface area (TPSA) is 64.7 Å². The number of hydrogen-bond acceptors (Lipinski definition) is 3. The minimum absolute atomic E-state index is 0.0283. The van der Waals surface area contributed by atoms with Crippen molar-refractivity contribution in [1.82, 2.24) is 10.2 Å². The predicted octanol–water partition coefficient (Wildman–Crippen LogP) is 5.03. The van der Waals surface area contributed by atoms with Crippen molar-refractivity contribution in [2.45, 2.75) is 38.6 Å². The smallest absolute Gasteiger partial charge is 0.321 e. The van der Waals surface area contributed by atoms with Gasteiger partial charge >= 0.3 is 6.03 Å². The van der Waals surface area contributed by atoms with E-state index in [0.717, 1.165) is 24.3 Å². The maximum atomic E-state index is 13.0. The quantitative estimate of drug-likeness (QED) is 0.641. The highest BCUT2D eigenvalue weighted by Gasteiger charge is 2.27. The van der Waals surface area contributed by atoms with E-state index in [1.54, 1.807) is 23.1 Å². The Morgan fingerprint density at radius 2 is 1.67 bits per heavy atom. The fourth-order valence-corrected chi connectivity index (χ4v) is 4.76. The lowest BCUT2D eigenvalue weighted by atomic mass is 9.96. The van der Waals surface area contributed by atoms with Crippen LogP contribution in [-0.4, -0.2) is 43.0 Å². The van der Waals surface area contributed by atoms with E-state index in [-0.39, 0.29) is 23.7 Å². The molecular formula is C25H30ClFN4O2. The van der Waals surface area contributed by atoms with Gasteiger partial charge in [-0.25, -0.2) is 9.18 Å². The summed E-state index contributed by atoms with van der Waals surface area (Å²) in [6.07, 6.45) is 4.83. The summed E-state index contributed by atoms with van der Waals surface area (Å²) < 4.78 is 13.0. The van der Waals surface area contributed by atoms with E-state index in [9.17, 15) is 14.0 Å². The molecule has 33 heavy (non-hydrogen) atoms. The minimum Gasteiger partial charge on any atom is -0.370 e. The first-order valence-electron chi connectivity index (χ1n) is 11.6. The van der Waals surface area contributed by atoms with Gasteiger partial charge in [0.1, 0.15) is 5.82 Å². The summed E-state index contributed by atoms with van der Waals surface area (Å²) in [7, 11) is 0. The van der Waals surface area contributed by atoms with Gasteiger partial charge in [-0.1, -0.05) is 23.7 Å². The molecule has 2 aliphatic heterocycles. The molecule has 2 aromatic carbocycles.